The zero-order chi connectivity index (χ0) is 21.8. The predicted octanol–water partition coefficient (Wildman–Crippen LogP) is 3.28. The van der Waals surface area contributed by atoms with E-state index in [1.165, 1.54) is 4.90 Å². The largest absolute Gasteiger partial charge is 0.480 e. The van der Waals surface area contributed by atoms with Crippen LogP contribution in [0.15, 0.2) is 54.7 Å². The third-order valence-electron chi connectivity index (χ3n) is 5.41. The lowest BCUT2D eigenvalue weighted by molar-refractivity contribution is -0.138. The quantitative estimate of drug-likeness (QED) is 0.661. The van der Waals surface area contributed by atoms with Crippen LogP contribution in [-0.2, 0) is 4.79 Å². The lowest BCUT2D eigenvalue weighted by atomic mass is 10.1. The van der Waals surface area contributed by atoms with Crippen LogP contribution in [0.25, 0.3) is 17.1 Å². The first-order valence-electron chi connectivity index (χ1n) is 10.1. The van der Waals surface area contributed by atoms with E-state index in [9.17, 15) is 20.0 Å². The van der Waals surface area contributed by atoms with Gasteiger partial charge < -0.3 is 10.0 Å². The Morgan fingerprint density at radius 1 is 1.16 bits per heavy atom. The number of aliphatic carboxylic acids is 1. The monoisotopic (exact) mass is 415 g/mol. The van der Waals surface area contributed by atoms with Gasteiger partial charge in [-0.25, -0.2) is 4.68 Å². The SMILES string of the molecule is N#Cc1cccc(-n2nc(C(=O)N(CC(=O)O)C3CCCC3)cc2-c2ccccn2)c1. The minimum absolute atomic E-state index is 0.103. The van der Waals surface area contributed by atoms with E-state index in [0.29, 0.717) is 22.6 Å². The Morgan fingerprint density at radius 2 is 1.97 bits per heavy atom. The first-order chi connectivity index (χ1) is 15.1. The Balaban J connectivity index is 1.79. The van der Waals surface area contributed by atoms with Gasteiger partial charge >= 0.3 is 5.97 Å². The van der Waals surface area contributed by atoms with Crippen molar-refractivity contribution in [3.05, 3.63) is 66.0 Å². The van der Waals surface area contributed by atoms with Crippen LogP contribution in [0.4, 0.5) is 0 Å². The van der Waals surface area contributed by atoms with E-state index in [0.717, 1.165) is 25.7 Å². The number of rotatable bonds is 6. The van der Waals surface area contributed by atoms with E-state index in [1.807, 2.05) is 12.1 Å². The van der Waals surface area contributed by atoms with Crippen molar-refractivity contribution in [1.82, 2.24) is 19.7 Å². The van der Waals surface area contributed by atoms with Crippen molar-refractivity contribution in [3.8, 4) is 23.1 Å². The molecule has 1 N–H and O–H groups in total. The summed E-state index contributed by atoms with van der Waals surface area (Å²) in [4.78, 5) is 30.5. The summed E-state index contributed by atoms with van der Waals surface area (Å²) in [5, 5.41) is 23.1. The molecule has 1 aliphatic rings. The number of carboxylic acids is 1. The lowest BCUT2D eigenvalue weighted by Gasteiger charge is -2.26. The van der Waals surface area contributed by atoms with Gasteiger partial charge in [0.2, 0.25) is 0 Å². The number of hydrogen-bond donors (Lipinski definition) is 1. The van der Waals surface area contributed by atoms with Crippen molar-refractivity contribution in [2.45, 2.75) is 31.7 Å². The second-order valence-corrected chi connectivity index (χ2v) is 7.47. The summed E-state index contributed by atoms with van der Waals surface area (Å²) in [6.07, 6.45) is 5.18. The topological polar surface area (TPSA) is 112 Å². The zero-order valence-corrected chi connectivity index (χ0v) is 16.8. The van der Waals surface area contributed by atoms with Gasteiger partial charge in [0.25, 0.3) is 5.91 Å². The molecule has 2 aromatic heterocycles. The molecule has 1 saturated carbocycles. The van der Waals surface area contributed by atoms with Gasteiger partial charge in [-0.2, -0.15) is 10.4 Å². The number of amides is 1. The summed E-state index contributed by atoms with van der Waals surface area (Å²) >= 11 is 0. The highest BCUT2D eigenvalue weighted by molar-refractivity contribution is 5.95. The first kappa shape index (κ1) is 20.3. The fourth-order valence-electron chi connectivity index (χ4n) is 3.96. The molecule has 2 heterocycles. The van der Waals surface area contributed by atoms with Crippen LogP contribution in [0, 0.1) is 11.3 Å². The van der Waals surface area contributed by atoms with E-state index in [-0.39, 0.29) is 18.3 Å². The number of aromatic nitrogens is 3. The summed E-state index contributed by atoms with van der Waals surface area (Å²) in [7, 11) is 0. The van der Waals surface area contributed by atoms with Crippen molar-refractivity contribution in [2.75, 3.05) is 6.54 Å². The average molecular weight is 415 g/mol. The molecule has 8 nitrogen and oxygen atoms in total. The molecule has 1 aliphatic carbocycles. The molecule has 156 valence electrons. The molecule has 1 fully saturated rings. The third kappa shape index (κ3) is 4.31. The smallest absolute Gasteiger partial charge is 0.323 e. The van der Waals surface area contributed by atoms with Crippen LogP contribution in [0.1, 0.15) is 41.7 Å². The molecule has 0 atom stereocenters. The Morgan fingerprint density at radius 3 is 2.65 bits per heavy atom. The lowest BCUT2D eigenvalue weighted by Crippen LogP contribution is -2.42. The zero-order valence-electron chi connectivity index (χ0n) is 16.8. The van der Waals surface area contributed by atoms with Crippen molar-refractivity contribution in [3.63, 3.8) is 0 Å². The van der Waals surface area contributed by atoms with E-state index >= 15 is 0 Å². The number of pyridine rings is 1. The van der Waals surface area contributed by atoms with Gasteiger partial charge in [-0.15, -0.1) is 0 Å². The fourth-order valence-corrected chi connectivity index (χ4v) is 3.96. The van der Waals surface area contributed by atoms with E-state index < -0.39 is 11.9 Å². The molecule has 0 saturated heterocycles. The van der Waals surface area contributed by atoms with Gasteiger partial charge in [0.05, 0.1) is 28.7 Å². The summed E-state index contributed by atoms with van der Waals surface area (Å²) in [5.74, 6) is -1.46. The molecular weight excluding hydrogens is 394 g/mol. The number of hydrogen-bond acceptors (Lipinski definition) is 5. The van der Waals surface area contributed by atoms with Crippen molar-refractivity contribution in [1.29, 1.82) is 5.26 Å². The van der Waals surface area contributed by atoms with Crippen molar-refractivity contribution >= 4 is 11.9 Å². The van der Waals surface area contributed by atoms with Crippen molar-refractivity contribution in [2.24, 2.45) is 0 Å². The number of carbonyl (C=O) groups is 2. The van der Waals surface area contributed by atoms with Crippen LogP contribution in [0.3, 0.4) is 0 Å². The second-order valence-electron chi connectivity index (χ2n) is 7.47. The molecule has 0 aliphatic heterocycles. The predicted molar refractivity (Wildman–Crippen MR) is 112 cm³/mol. The van der Waals surface area contributed by atoms with E-state index in [1.54, 1.807) is 47.3 Å². The number of nitriles is 1. The second kappa shape index (κ2) is 8.79. The maximum absolute atomic E-state index is 13.3. The van der Waals surface area contributed by atoms with Gasteiger partial charge in [-0.1, -0.05) is 25.0 Å². The van der Waals surface area contributed by atoms with Gasteiger partial charge in [-0.05, 0) is 49.2 Å². The standard InChI is InChI=1S/C23H21N5O3/c24-14-16-6-5-9-18(12-16)28-21(19-10-3-4-11-25-19)13-20(26-28)23(31)27(15-22(29)30)17-7-1-2-8-17/h3-6,9-13,17H,1-2,7-8,15H2,(H,29,30). The molecule has 1 aromatic carbocycles. The Bertz CT molecular complexity index is 1140. The number of carbonyl (C=O) groups excluding carboxylic acids is 1. The maximum Gasteiger partial charge on any atom is 0.323 e. The molecule has 4 rings (SSSR count). The van der Waals surface area contributed by atoms with Crippen LogP contribution < -0.4 is 0 Å². The summed E-state index contributed by atoms with van der Waals surface area (Å²) in [6, 6.07) is 16.0. The van der Waals surface area contributed by atoms with Gasteiger partial charge in [0, 0.05) is 12.2 Å². The minimum atomic E-state index is -1.05. The molecule has 31 heavy (non-hydrogen) atoms. The van der Waals surface area contributed by atoms with E-state index in [2.05, 4.69) is 16.2 Å². The molecule has 1 amide bonds. The molecule has 0 unspecified atom stereocenters. The van der Waals surface area contributed by atoms with Gasteiger partial charge in [0.1, 0.15) is 6.54 Å². The van der Waals surface area contributed by atoms with Crippen LogP contribution in [0.2, 0.25) is 0 Å². The Kier molecular flexibility index (Phi) is 5.76. The molecule has 0 bridgehead atoms. The molecular formula is C23H21N5O3. The molecule has 0 radical (unpaired) electrons. The first-order valence-corrected chi connectivity index (χ1v) is 10.1. The van der Waals surface area contributed by atoms with Gasteiger partial charge in [0.15, 0.2) is 5.69 Å². The highest BCUT2D eigenvalue weighted by Gasteiger charge is 2.31. The van der Waals surface area contributed by atoms with Crippen molar-refractivity contribution < 1.29 is 14.7 Å². The average Bonchev–Trinajstić information content (AvgIpc) is 3.48. The summed E-state index contributed by atoms with van der Waals surface area (Å²) < 4.78 is 1.57. The van der Waals surface area contributed by atoms with Crippen LogP contribution >= 0.6 is 0 Å². The molecule has 8 heteroatoms. The maximum atomic E-state index is 13.3. The normalized spacial score (nSPS) is 13.6. The number of nitrogens with zero attached hydrogens (tertiary/aromatic N) is 5. The highest BCUT2D eigenvalue weighted by atomic mass is 16.4. The molecule has 0 spiro atoms. The van der Waals surface area contributed by atoms with E-state index in [4.69, 9.17) is 0 Å². The van der Waals surface area contributed by atoms with Gasteiger partial charge in [-0.3, -0.25) is 14.6 Å². The Hall–Kier alpha value is -3.99. The highest BCUT2D eigenvalue weighted by Crippen LogP contribution is 2.27. The molecule has 3 aromatic rings. The fraction of sp³-hybridized carbons (Fsp3) is 0.261. The van der Waals surface area contributed by atoms with Crippen LogP contribution in [0.5, 0.6) is 0 Å². The number of carboxylic acid groups (broad SMARTS) is 1. The van der Waals surface area contributed by atoms with Crippen LogP contribution in [-0.4, -0.2) is 49.2 Å². The summed E-state index contributed by atoms with van der Waals surface area (Å²) in [5.41, 5.74) is 2.43. The summed E-state index contributed by atoms with van der Waals surface area (Å²) in [6.45, 7) is -0.362. The Labute approximate surface area is 179 Å². The number of benzene rings is 1. The third-order valence-corrected chi connectivity index (χ3v) is 5.41. The minimum Gasteiger partial charge on any atom is -0.480 e.